The number of aromatic nitrogens is 5. The molecule has 1 amide bonds. The molecule has 5 rings (SSSR count). The van der Waals surface area contributed by atoms with Crippen molar-refractivity contribution in [2.24, 2.45) is 0 Å². The van der Waals surface area contributed by atoms with Crippen LogP contribution in [0.1, 0.15) is 10.4 Å². The number of nitrogens with one attached hydrogen (secondary N) is 2. The number of amides is 1. The smallest absolute Gasteiger partial charge is 0.382 e. The van der Waals surface area contributed by atoms with Crippen LogP contribution in [-0.4, -0.2) is 42.9 Å². The molecule has 9 nitrogen and oxygen atoms in total. The van der Waals surface area contributed by atoms with Crippen LogP contribution in [0.15, 0.2) is 49.2 Å². The minimum Gasteiger partial charge on any atom is -0.382 e. The van der Waals surface area contributed by atoms with Gasteiger partial charge in [0, 0.05) is 23.9 Å². The van der Waals surface area contributed by atoms with Crippen molar-refractivity contribution in [2.45, 2.75) is 6.18 Å². The van der Waals surface area contributed by atoms with Crippen molar-refractivity contribution >= 4 is 34.0 Å². The molecule has 0 aliphatic heterocycles. The number of halogens is 6. The van der Waals surface area contributed by atoms with E-state index in [1.807, 2.05) is 0 Å². The van der Waals surface area contributed by atoms with Gasteiger partial charge in [-0.15, -0.1) is 0 Å². The summed E-state index contributed by atoms with van der Waals surface area (Å²) in [5.74, 6) is -3.83. The Balaban J connectivity index is 1.55. The molecule has 2 aromatic carbocycles. The quantitative estimate of drug-likeness (QED) is 0.303. The van der Waals surface area contributed by atoms with E-state index in [-0.39, 0.29) is 44.7 Å². The number of nitrogen functional groups attached to an aromatic ring is 1. The Labute approximate surface area is 202 Å². The molecule has 0 unspecified atom stereocenters. The Hall–Kier alpha value is -4.82. The van der Waals surface area contributed by atoms with Gasteiger partial charge in [-0.05, 0) is 17.7 Å². The summed E-state index contributed by atoms with van der Waals surface area (Å²) in [7, 11) is 0. The fourth-order valence-corrected chi connectivity index (χ4v) is 3.82. The number of fused-ring (bicyclic) bond motifs is 2. The molecular formula is C22H14F6N8O. The molecule has 3 aromatic heterocycles. The van der Waals surface area contributed by atoms with Crippen molar-refractivity contribution in [1.29, 1.82) is 0 Å². The Morgan fingerprint density at radius 1 is 1.03 bits per heavy atom. The minimum atomic E-state index is -4.66. The fraction of sp³-hybridized carbons (Fsp3) is 0.0909. The highest BCUT2D eigenvalue weighted by Crippen LogP contribution is 2.34. The number of nitrogens with two attached hydrogens (primary N) is 1. The predicted molar refractivity (Wildman–Crippen MR) is 120 cm³/mol. The number of hydrogen-bond acceptors (Lipinski definition) is 6. The van der Waals surface area contributed by atoms with Crippen molar-refractivity contribution in [3.63, 3.8) is 0 Å². The topological polar surface area (TPSA) is 115 Å². The maximum absolute atomic E-state index is 15.2. The van der Waals surface area contributed by atoms with Crippen molar-refractivity contribution in [1.82, 2.24) is 29.6 Å². The van der Waals surface area contributed by atoms with E-state index in [9.17, 15) is 26.7 Å². The third kappa shape index (κ3) is 4.46. The van der Waals surface area contributed by atoms with E-state index in [0.717, 1.165) is 40.2 Å². The van der Waals surface area contributed by atoms with Gasteiger partial charge in [0.2, 0.25) is 0 Å². The highest BCUT2D eigenvalue weighted by Gasteiger charge is 2.30. The summed E-state index contributed by atoms with van der Waals surface area (Å²) >= 11 is 0. The third-order valence-corrected chi connectivity index (χ3v) is 5.36. The monoisotopic (exact) mass is 520 g/mol. The summed E-state index contributed by atoms with van der Waals surface area (Å²) in [6, 6.07) is 5.27. The van der Waals surface area contributed by atoms with Gasteiger partial charge in [0.1, 0.15) is 41.9 Å². The van der Waals surface area contributed by atoms with Crippen LogP contribution in [0.4, 0.5) is 37.8 Å². The third-order valence-electron chi connectivity index (χ3n) is 5.36. The molecule has 0 aliphatic carbocycles. The van der Waals surface area contributed by atoms with E-state index < -0.39 is 36.1 Å². The zero-order chi connectivity index (χ0) is 26.5. The van der Waals surface area contributed by atoms with Crippen molar-refractivity contribution in [2.75, 3.05) is 17.7 Å². The lowest BCUT2D eigenvalue weighted by atomic mass is 10.0. The second-order valence-electron chi connectivity index (χ2n) is 7.83. The number of rotatable bonds is 5. The van der Waals surface area contributed by atoms with E-state index >= 15 is 4.39 Å². The molecule has 0 spiro atoms. The molecule has 15 heteroatoms. The van der Waals surface area contributed by atoms with Gasteiger partial charge in [-0.1, -0.05) is 6.07 Å². The second kappa shape index (κ2) is 8.69. The number of hydrogen-bond donors (Lipinski definition) is 3. The Bertz CT molecular complexity index is 1680. The summed E-state index contributed by atoms with van der Waals surface area (Å²) in [5, 5.41) is 5.68. The molecule has 37 heavy (non-hydrogen) atoms. The molecule has 3 heterocycles. The van der Waals surface area contributed by atoms with E-state index in [1.54, 1.807) is 5.32 Å². The number of benzene rings is 2. The summed E-state index contributed by atoms with van der Waals surface area (Å²) < 4.78 is 83.0. The lowest BCUT2D eigenvalue weighted by molar-refractivity contribution is -0.123. The molecule has 0 fully saturated rings. The van der Waals surface area contributed by atoms with Crippen LogP contribution in [0.5, 0.6) is 0 Å². The highest BCUT2D eigenvalue weighted by atomic mass is 19.4. The van der Waals surface area contributed by atoms with Gasteiger partial charge in [0.15, 0.2) is 11.6 Å². The van der Waals surface area contributed by atoms with Crippen LogP contribution in [-0.2, 0) is 0 Å². The van der Waals surface area contributed by atoms with Crippen molar-refractivity contribution in [3.8, 4) is 11.1 Å². The van der Waals surface area contributed by atoms with Crippen molar-refractivity contribution in [3.05, 3.63) is 72.2 Å². The van der Waals surface area contributed by atoms with Gasteiger partial charge >= 0.3 is 6.18 Å². The van der Waals surface area contributed by atoms with E-state index in [0.29, 0.717) is 6.07 Å². The van der Waals surface area contributed by atoms with Gasteiger partial charge in [0.25, 0.3) is 5.91 Å². The lowest BCUT2D eigenvalue weighted by Crippen LogP contribution is -2.33. The van der Waals surface area contributed by atoms with Gasteiger partial charge in [-0.3, -0.25) is 10.2 Å². The molecule has 5 aromatic rings. The average molecular weight is 520 g/mol. The molecule has 0 saturated heterocycles. The van der Waals surface area contributed by atoms with Crippen LogP contribution in [0, 0.1) is 17.5 Å². The van der Waals surface area contributed by atoms with Gasteiger partial charge in [-0.2, -0.15) is 18.3 Å². The van der Waals surface area contributed by atoms with Gasteiger partial charge in [-0.25, -0.2) is 32.3 Å². The standard InChI is InChI=1S/C22H14F6N8O/c23-11-4-14(25)18-16(5-11)32-9-36(18)34-15-2-1-10(3-13(15)24)17-12(21(37)30-7-22(26,27)28)6-35-19(17)20(29)31-8-33-35/h1-6,8-9,34H,7H2,(H,30,37)(H2,29,31,33). The predicted octanol–water partition coefficient (Wildman–Crippen LogP) is 3.91. The molecular weight excluding hydrogens is 506 g/mol. The molecule has 0 aliphatic rings. The Kier molecular flexibility index (Phi) is 5.61. The van der Waals surface area contributed by atoms with Crippen LogP contribution < -0.4 is 16.5 Å². The fourth-order valence-electron chi connectivity index (χ4n) is 3.82. The lowest BCUT2D eigenvalue weighted by Gasteiger charge is -2.12. The molecule has 0 bridgehead atoms. The van der Waals surface area contributed by atoms with Crippen LogP contribution in [0.3, 0.4) is 0 Å². The Morgan fingerprint density at radius 2 is 1.81 bits per heavy atom. The largest absolute Gasteiger partial charge is 0.405 e. The first-order valence-corrected chi connectivity index (χ1v) is 10.4. The summed E-state index contributed by atoms with van der Waals surface area (Å²) in [6.45, 7) is -1.59. The SMILES string of the molecule is Nc1ncnn2cc(C(=O)NCC(F)(F)F)c(-c3ccc(Nn4cnc5cc(F)cc(F)c54)c(F)c3)c12. The summed E-state index contributed by atoms with van der Waals surface area (Å²) in [6.07, 6.45) is -1.30. The highest BCUT2D eigenvalue weighted by molar-refractivity contribution is 6.07. The zero-order valence-corrected chi connectivity index (χ0v) is 18.3. The molecule has 0 radical (unpaired) electrons. The number of alkyl halides is 3. The maximum Gasteiger partial charge on any atom is 0.405 e. The van der Waals surface area contributed by atoms with E-state index in [1.165, 1.54) is 12.1 Å². The van der Waals surface area contributed by atoms with Gasteiger partial charge < -0.3 is 11.1 Å². The number of carbonyl (C=O) groups is 1. The maximum atomic E-state index is 15.2. The number of anilines is 2. The van der Waals surface area contributed by atoms with E-state index in [4.69, 9.17) is 5.73 Å². The van der Waals surface area contributed by atoms with Crippen LogP contribution in [0.2, 0.25) is 0 Å². The Morgan fingerprint density at radius 3 is 2.54 bits per heavy atom. The first kappa shape index (κ1) is 23.9. The van der Waals surface area contributed by atoms with Gasteiger partial charge in [0.05, 0.1) is 16.8 Å². The normalized spacial score (nSPS) is 11.8. The second-order valence-corrected chi connectivity index (χ2v) is 7.83. The minimum absolute atomic E-state index is 0.00201. The summed E-state index contributed by atoms with van der Waals surface area (Å²) in [4.78, 5) is 20.3. The average Bonchev–Trinajstić information content (AvgIpc) is 3.41. The van der Waals surface area contributed by atoms with Crippen molar-refractivity contribution < 1.29 is 31.1 Å². The molecule has 4 N–H and O–H groups in total. The number of imidazole rings is 1. The first-order chi connectivity index (χ1) is 17.5. The molecule has 0 saturated carbocycles. The number of nitrogens with zero attached hydrogens (tertiary/aromatic N) is 5. The van der Waals surface area contributed by atoms with Crippen LogP contribution >= 0.6 is 0 Å². The molecule has 0 atom stereocenters. The summed E-state index contributed by atoms with van der Waals surface area (Å²) in [5.41, 5.74) is 8.15. The number of carbonyl (C=O) groups excluding carboxylic acids is 1. The molecule has 190 valence electrons. The van der Waals surface area contributed by atoms with Crippen LogP contribution in [0.25, 0.3) is 27.7 Å². The first-order valence-electron chi connectivity index (χ1n) is 10.4. The zero-order valence-electron chi connectivity index (χ0n) is 18.3. The van der Waals surface area contributed by atoms with E-state index in [2.05, 4.69) is 20.5 Å².